The molecular formula is C17H26N2. The standard InChI is InChI=1S/C17H26N2/c1-4-18-13-15-6-5-7-17(12-15)16-8-10-19(11-9-16)14(2)3/h5-7,12,16,18H,2,4,8-11,13H2,1,3H3. The Morgan fingerprint density at radius 3 is 2.74 bits per heavy atom. The Kier molecular flexibility index (Phi) is 5.03. The van der Waals surface area contributed by atoms with E-state index in [-0.39, 0.29) is 0 Å². The maximum absolute atomic E-state index is 4.04. The molecule has 2 heteroatoms. The molecule has 1 aromatic carbocycles. The first-order valence-corrected chi connectivity index (χ1v) is 7.40. The molecule has 1 N–H and O–H groups in total. The number of hydrogen-bond donors (Lipinski definition) is 1. The molecule has 104 valence electrons. The molecule has 0 atom stereocenters. The van der Waals surface area contributed by atoms with Crippen LogP contribution in [0, 0.1) is 0 Å². The van der Waals surface area contributed by atoms with Crippen LogP contribution in [-0.2, 0) is 6.54 Å². The summed E-state index contributed by atoms with van der Waals surface area (Å²) in [6.07, 6.45) is 2.50. The molecule has 1 aliphatic rings. The first kappa shape index (κ1) is 14.1. The number of likely N-dealkylation sites (tertiary alicyclic amines) is 1. The van der Waals surface area contributed by atoms with Crippen LogP contribution in [0.4, 0.5) is 0 Å². The van der Waals surface area contributed by atoms with Crippen LogP contribution in [0.1, 0.15) is 43.7 Å². The fraction of sp³-hybridized carbons (Fsp3) is 0.529. The second kappa shape index (κ2) is 6.76. The largest absolute Gasteiger partial charge is 0.375 e. The minimum Gasteiger partial charge on any atom is -0.375 e. The molecule has 0 bridgehead atoms. The Bertz CT molecular complexity index is 417. The number of nitrogens with zero attached hydrogens (tertiary/aromatic N) is 1. The molecule has 0 unspecified atom stereocenters. The van der Waals surface area contributed by atoms with E-state index in [1.54, 1.807) is 0 Å². The predicted molar refractivity (Wildman–Crippen MR) is 82.2 cm³/mol. The van der Waals surface area contributed by atoms with Crippen LogP contribution in [0.15, 0.2) is 36.5 Å². The molecule has 2 nitrogen and oxygen atoms in total. The van der Waals surface area contributed by atoms with Gasteiger partial charge in [-0.2, -0.15) is 0 Å². The highest BCUT2D eigenvalue weighted by molar-refractivity contribution is 5.27. The van der Waals surface area contributed by atoms with Gasteiger partial charge in [0.25, 0.3) is 0 Å². The van der Waals surface area contributed by atoms with E-state index in [9.17, 15) is 0 Å². The highest BCUT2D eigenvalue weighted by Crippen LogP contribution is 2.29. The Balaban J connectivity index is 1.97. The van der Waals surface area contributed by atoms with Crippen molar-refractivity contribution in [3.63, 3.8) is 0 Å². The van der Waals surface area contributed by atoms with Gasteiger partial charge in [-0.05, 0) is 43.4 Å². The number of rotatable bonds is 5. The lowest BCUT2D eigenvalue weighted by atomic mass is 9.88. The zero-order valence-corrected chi connectivity index (χ0v) is 12.3. The highest BCUT2D eigenvalue weighted by atomic mass is 15.1. The third-order valence-corrected chi connectivity index (χ3v) is 4.04. The van der Waals surface area contributed by atoms with Crippen molar-refractivity contribution < 1.29 is 0 Å². The Labute approximate surface area is 117 Å². The summed E-state index contributed by atoms with van der Waals surface area (Å²) in [5.74, 6) is 0.720. The van der Waals surface area contributed by atoms with E-state index < -0.39 is 0 Å². The van der Waals surface area contributed by atoms with Gasteiger partial charge in [-0.1, -0.05) is 37.8 Å². The first-order chi connectivity index (χ1) is 9.20. The predicted octanol–water partition coefficient (Wildman–Crippen LogP) is 3.51. The summed E-state index contributed by atoms with van der Waals surface area (Å²) in [5.41, 5.74) is 4.12. The molecule has 0 aromatic heterocycles. The van der Waals surface area contributed by atoms with E-state index in [1.165, 1.54) is 29.7 Å². The molecule has 19 heavy (non-hydrogen) atoms. The van der Waals surface area contributed by atoms with E-state index in [4.69, 9.17) is 0 Å². The van der Waals surface area contributed by atoms with Crippen LogP contribution in [0.25, 0.3) is 0 Å². The number of benzene rings is 1. The average Bonchev–Trinajstić information content (AvgIpc) is 2.45. The SMILES string of the molecule is C=C(C)N1CCC(c2cccc(CNCC)c2)CC1. The van der Waals surface area contributed by atoms with Crippen molar-refractivity contribution in [1.82, 2.24) is 10.2 Å². The maximum atomic E-state index is 4.04. The smallest absolute Gasteiger partial charge is 0.0205 e. The summed E-state index contributed by atoms with van der Waals surface area (Å²) >= 11 is 0. The van der Waals surface area contributed by atoms with Gasteiger partial charge in [0.15, 0.2) is 0 Å². The van der Waals surface area contributed by atoms with Crippen molar-refractivity contribution >= 4 is 0 Å². The fourth-order valence-electron chi connectivity index (χ4n) is 2.82. The second-order valence-corrected chi connectivity index (χ2v) is 5.52. The average molecular weight is 258 g/mol. The van der Waals surface area contributed by atoms with Crippen LogP contribution in [-0.4, -0.2) is 24.5 Å². The number of hydrogen-bond acceptors (Lipinski definition) is 2. The summed E-state index contributed by atoms with van der Waals surface area (Å²) in [6, 6.07) is 9.09. The van der Waals surface area contributed by atoms with Crippen molar-refractivity contribution in [3.05, 3.63) is 47.7 Å². The normalized spacial score (nSPS) is 16.6. The molecule has 1 saturated heterocycles. The van der Waals surface area contributed by atoms with E-state index in [1.807, 2.05) is 0 Å². The van der Waals surface area contributed by atoms with Crippen molar-refractivity contribution in [2.24, 2.45) is 0 Å². The van der Waals surface area contributed by atoms with Gasteiger partial charge in [0.1, 0.15) is 0 Å². The molecule has 0 amide bonds. The zero-order valence-electron chi connectivity index (χ0n) is 12.3. The number of nitrogens with one attached hydrogen (secondary N) is 1. The minimum atomic E-state index is 0.720. The molecule has 0 spiro atoms. The summed E-state index contributed by atoms with van der Waals surface area (Å²) in [4.78, 5) is 2.40. The second-order valence-electron chi connectivity index (χ2n) is 5.52. The molecule has 1 aliphatic heterocycles. The molecule has 0 aliphatic carbocycles. The van der Waals surface area contributed by atoms with Gasteiger partial charge in [0.2, 0.25) is 0 Å². The van der Waals surface area contributed by atoms with Crippen LogP contribution in [0.5, 0.6) is 0 Å². The molecule has 1 heterocycles. The van der Waals surface area contributed by atoms with E-state index in [0.29, 0.717) is 0 Å². The Morgan fingerprint density at radius 2 is 2.11 bits per heavy atom. The molecule has 0 radical (unpaired) electrons. The van der Waals surface area contributed by atoms with Gasteiger partial charge in [-0.15, -0.1) is 0 Å². The molecule has 1 fully saturated rings. The van der Waals surface area contributed by atoms with Crippen LogP contribution in [0.2, 0.25) is 0 Å². The van der Waals surface area contributed by atoms with E-state index in [2.05, 4.69) is 54.9 Å². The summed E-state index contributed by atoms with van der Waals surface area (Å²) in [6.45, 7) is 12.6. The third-order valence-electron chi connectivity index (χ3n) is 4.04. The lowest BCUT2D eigenvalue weighted by molar-refractivity contribution is 0.264. The topological polar surface area (TPSA) is 15.3 Å². The number of allylic oxidation sites excluding steroid dienone is 1. The van der Waals surface area contributed by atoms with Crippen LogP contribution < -0.4 is 5.32 Å². The molecular weight excluding hydrogens is 232 g/mol. The van der Waals surface area contributed by atoms with Crippen molar-refractivity contribution in [1.29, 1.82) is 0 Å². The summed E-state index contributed by atoms with van der Waals surface area (Å²) in [5, 5.41) is 3.40. The molecule has 2 rings (SSSR count). The first-order valence-electron chi connectivity index (χ1n) is 7.40. The van der Waals surface area contributed by atoms with Gasteiger partial charge in [-0.3, -0.25) is 0 Å². The van der Waals surface area contributed by atoms with Gasteiger partial charge in [-0.25, -0.2) is 0 Å². The molecule has 0 saturated carbocycles. The van der Waals surface area contributed by atoms with E-state index >= 15 is 0 Å². The highest BCUT2D eigenvalue weighted by Gasteiger charge is 2.20. The fourth-order valence-corrected chi connectivity index (χ4v) is 2.82. The van der Waals surface area contributed by atoms with Gasteiger partial charge in [0.05, 0.1) is 0 Å². The maximum Gasteiger partial charge on any atom is 0.0205 e. The van der Waals surface area contributed by atoms with Gasteiger partial charge < -0.3 is 10.2 Å². The van der Waals surface area contributed by atoms with Crippen molar-refractivity contribution in [2.45, 2.75) is 39.2 Å². The van der Waals surface area contributed by atoms with Crippen molar-refractivity contribution in [3.8, 4) is 0 Å². The van der Waals surface area contributed by atoms with E-state index in [0.717, 1.165) is 32.1 Å². The third kappa shape index (κ3) is 3.84. The van der Waals surface area contributed by atoms with Crippen LogP contribution in [0.3, 0.4) is 0 Å². The summed E-state index contributed by atoms with van der Waals surface area (Å²) in [7, 11) is 0. The van der Waals surface area contributed by atoms with Gasteiger partial charge >= 0.3 is 0 Å². The lowest BCUT2D eigenvalue weighted by Crippen LogP contribution is -2.31. The minimum absolute atomic E-state index is 0.720. The summed E-state index contributed by atoms with van der Waals surface area (Å²) < 4.78 is 0. The van der Waals surface area contributed by atoms with Crippen LogP contribution >= 0.6 is 0 Å². The molecule has 1 aromatic rings. The number of piperidine rings is 1. The quantitative estimate of drug-likeness (QED) is 0.869. The Hall–Kier alpha value is -1.28. The lowest BCUT2D eigenvalue weighted by Gasteiger charge is -2.34. The zero-order chi connectivity index (χ0) is 13.7. The Morgan fingerprint density at radius 1 is 1.37 bits per heavy atom. The van der Waals surface area contributed by atoms with Crippen molar-refractivity contribution in [2.75, 3.05) is 19.6 Å². The monoisotopic (exact) mass is 258 g/mol. The van der Waals surface area contributed by atoms with Gasteiger partial charge in [0, 0.05) is 25.3 Å².